The highest BCUT2D eigenvalue weighted by atomic mass is 32.1. The van der Waals surface area contributed by atoms with Crippen molar-refractivity contribution in [1.29, 1.82) is 0 Å². The van der Waals surface area contributed by atoms with Crippen LogP contribution in [0.3, 0.4) is 0 Å². The SMILES string of the molecule is Cc1ccc(NC(=S)N(Cc2ccccn2)Cc2ccco2)c(C)c1. The van der Waals surface area contributed by atoms with Crippen LogP contribution < -0.4 is 5.32 Å². The van der Waals surface area contributed by atoms with Crippen LogP contribution in [0.25, 0.3) is 0 Å². The van der Waals surface area contributed by atoms with E-state index in [0.717, 1.165) is 22.7 Å². The third-order valence-corrected chi connectivity index (χ3v) is 4.28. The van der Waals surface area contributed by atoms with Gasteiger partial charge in [-0.05, 0) is 62.0 Å². The summed E-state index contributed by atoms with van der Waals surface area (Å²) >= 11 is 5.67. The van der Waals surface area contributed by atoms with Crippen LogP contribution in [0.4, 0.5) is 5.69 Å². The quantitative estimate of drug-likeness (QED) is 0.675. The monoisotopic (exact) mass is 351 g/mol. The van der Waals surface area contributed by atoms with Gasteiger partial charge in [-0.1, -0.05) is 23.8 Å². The average Bonchev–Trinajstić information content (AvgIpc) is 3.11. The zero-order chi connectivity index (χ0) is 17.6. The lowest BCUT2D eigenvalue weighted by Crippen LogP contribution is -2.34. The lowest BCUT2D eigenvalue weighted by atomic mass is 10.1. The van der Waals surface area contributed by atoms with Gasteiger partial charge in [0.05, 0.1) is 25.0 Å². The number of furan rings is 1. The number of nitrogens with one attached hydrogen (secondary N) is 1. The van der Waals surface area contributed by atoms with E-state index in [1.165, 1.54) is 5.56 Å². The number of aryl methyl sites for hydroxylation is 2. The Morgan fingerprint density at radius 1 is 1.12 bits per heavy atom. The number of rotatable bonds is 5. The fourth-order valence-electron chi connectivity index (χ4n) is 2.63. The molecule has 5 heteroatoms. The summed E-state index contributed by atoms with van der Waals surface area (Å²) in [6, 6.07) is 16.0. The van der Waals surface area contributed by atoms with Crippen molar-refractivity contribution >= 4 is 23.0 Å². The Kier molecular flexibility index (Phi) is 5.46. The molecule has 0 bridgehead atoms. The summed E-state index contributed by atoms with van der Waals surface area (Å²) in [7, 11) is 0. The Balaban J connectivity index is 1.78. The molecule has 1 N–H and O–H groups in total. The number of hydrogen-bond donors (Lipinski definition) is 1. The van der Waals surface area contributed by atoms with E-state index >= 15 is 0 Å². The van der Waals surface area contributed by atoms with E-state index in [4.69, 9.17) is 16.6 Å². The first-order chi connectivity index (χ1) is 12.1. The highest BCUT2D eigenvalue weighted by Crippen LogP contribution is 2.18. The summed E-state index contributed by atoms with van der Waals surface area (Å²) in [4.78, 5) is 6.46. The van der Waals surface area contributed by atoms with Gasteiger partial charge in [0.1, 0.15) is 5.76 Å². The van der Waals surface area contributed by atoms with Crippen LogP contribution >= 0.6 is 12.2 Å². The molecular weight excluding hydrogens is 330 g/mol. The summed E-state index contributed by atoms with van der Waals surface area (Å²) in [5.74, 6) is 0.862. The number of nitrogens with zero attached hydrogens (tertiary/aromatic N) is 2. The van der Waals surface area contributed by atoms with Crippen LogP contribution in [0.5, 0.6) is 0 Å². The van der Waals surface area contributed by atoms with Crippen molar-refractivity contribution in [1.82, 2.24) is 9.88 Å². The summed E-state index contributed by atoms with van der Waals surface area (Å²) in [6.07, 6.45) is 3.47. The Morgan fingerprint density at radius 2 is 2.00 bits per heavy atom. The minimum Gasteiger partial charge on any atom is -0.467 e. The first kappa shape index (κ1) is 17.2. The van der Waals surface area contributed by atoms with Crippen molar-refractivity contribution in [2.24, 2.45) is 0 Å². The molecule has 3 rings (SSSR count). The predicted molar refractivity (Wildman–Crippen MR) is 104 cm³/mol. The van der Waals surface area contributed by atoms with Crippen LogP contribution in [0, 0.1) is 13.8 Å². The standard InChI is InChI=1S/C20H21N3OS/c1-15-8-9-19(16(2)12-15)22-20(25)23(14-18-7-5-11-24-18)13-17-6-3-4-10-21-17/h3-12H,13-14H2,1-2H3,(H,22,25). The first-order valence-corrected chi connectivity index (χ1v) is 8.58. The molecule has 3 aromatic rings. The smallest absolute Gasteiger partial charge is 0.174 e. The fraction of sp³-hybridized carbons (Fsp3) is 0.200. The van der Waals surface area contributed by atoms with Gasteiger partial charge < -0.3 is 14.6 Å². The maximum absolute atomic E-state index is 5.67. The lowest BCUT2D eigenvalue weighted by molar-refractivity contribution is 0.357. The molecule has 2 aromatic heterocycles. The van der Waals surface area contributed by atoms with E-state index in [1.807, 2.05) is 30.3 Å². The number of pyridine rings is 1. The topological polar surface area (TPSA) is 41.3 Å². The molecule has 1 aromatic carbocycles. The molecule has 25 heavy (non-hydrogen) atoms. The molecule has 0 radical (unpaired) electrons. The van der Waals surface area contributed by atoms with E-state index < -0.39 is 0 Å². The molecule has 0 aliphatic heterocycles. The minimum atomic E-state index is 0.584. The summed E-state index contributed by atoms with van der Waals surface area (Å²) in [5.41, 5.74) is 4.37. The molecule has 0 aliphatic carbocycles. The molecule has 0 atom stereocenters. The first-order valence-electron chi connectivity index (χ1n) is 8.17. The van der Waals surface area contributed by atoms with Crippen LogP contribution in [0.15, 0.2) is 65.4 Å². The minimum absolute atomic E-state index is 0.584. The summed E-state index contributed by atoms with van der Waals surface area (Å²) in [5, 5.41) is 4.01. The van der Waals surface area contributed by atoms with Gasteiger partial charge in [-0.15, -0.1) is 0 Å². The maximum atomic E-state index is 5.67. The number of anilines is 1. The zero-order valence-corrected chi connectivity index (χ0v) is 15.2. The second-order valence-corrected chi connectivity index (χ2v) is 6.39. The molecule has 0 fully saturated rings. The van der Waals surface area contributed by atoms with Crippen LogP contribution in [-0.2, 0) is 13.1 Å². The Labute approximate surface area is 153 Å². The number of aromatic nitrogens is 1. The number of thiocarbonyl (C=S) groups is 1. The van der Waals surface area contributed by atoms with E-state index in [2.05, 4.69) is 47.2 Å². The van der Waals surface area contributed by atoms with Gasteiger partial charge in [-0.3, -0.25) is 4.98 Å². The van der Waals surface area contributed by atoms with Crippen LogP contribution in [0.2, 0.25) is 0 Å². The highest BCUT2D eigenvalue weighted by Gasteiger charge is 2.14. The molecule has 0 spiro atoms. The maximum Gasteiger partial charge on any atom is 0.174 e. The molecular formula is C20H21N3OS. The fourth-order valence-corrected chi connectivity index (χ4v) is 2.86. The highest BCUT2D eigenvalue weighted by molar-refractivity contribution is 7.80. The van der Waals surface area contributed by atoms with Crippen molar-refractivity contribution < 1.29 is 4.42 Å². The van der Waals surface area contributed by atoms with Gasteiger partial charge in [-0.2, -0.15) is 0 Å². The van der Waals surface area contributed by atoms with E-state index in [0.29, 0.717) is 18.2 Å². The van der Waals surface area contributed by atoms with Crippen LogP contribution in [0.1, 0.15) is 22.6 Å². The van der Waals surface area contributed by atoms with Gasteiger partial charge in [-0.25, -0.2) is 0 Å². The van der Waals surface area contributed by atoms with Crippen molar-refractivity contribution in [3.05, 3.63) is 83.6 Å². The Morgan fingerprint density at radius 3 is 2.68 bits per heavy atom. The molecule has 0 amide bonds. The lowest BCUT2D eigenvalue weighted by Gasteiger charge is -2.25. The Bertz CT molecular complexity index is 831. The largest absolute Gasteiger partial charge is 0.467 e. The zero-order valence-electron chi connectivity index (χ0n) is 14.4. The molecule has 0 aliphatic rings. The molecule has 2 heterocycles. The van der Waals surface area contributed by atoms with Crippen molar-refractivity contribution in [2.45, 2.75) is 26.9 Å². The van der Waals surface area contributed by atoms with E-state index in [1.54, 1.807) is 12.5 Å². The van der Waals surface area contributed by atoms with Crippen molar-refractivity contribution in [2.75, 3.05) is 5.32 Å². The summed E-state index contributed by atoms with van der Waals surface area (Å²) < 4.78 is 5.49. The molecule has 0 saturated carbocycles. The van der Waals surface area contributed by atoms with Gasteiger partial charge >= 0.3 is 0 Å². The second kappa shape index (κ2) is 7.94. The van der Waals surface area contributed by atoms with E-state index in [-0.39, 0.29) is 0 Å². The van der Waals surface area contributed by atoms with Gasteiger partial charge in [0, 0.05) is 11.9 Å². The second-order valence-electron chi connectivity index (χ2n) is 6.01. The third-order valence-electron chi connectivity index (χ3n) is 3.92. The van der Waals surface area contributed by atoms with Gasteiger partial charge in [0.2, 0.25) is 0 Å². The molecule has 0 unspecified atom stereocenters. The van der Waals surface area contributed by atoms with E-state index in [9.17, 15) is 0 Å². The van der Waals surface area contributed by atoms with Crippen molar-refractivity contribution in [3.8, 4) is 0 Å². The molecule has 0 saturated heterocycles. The van der Waals surface area contributed by atoms with Crippen molar-refractivity contribution in [3.63, 3.8) is 0 Å². The Hall–Kier alpha value is -2.66. The number of hydrogen-bond acceptors (Lipinski definition) is 3. The molecule has 4 nitrogen and oxygen atoms in total. The predicted octanol–water partition coefficient (Wildman–Crippen LogP) is 4.69. The van der Waals surface area contributed by atoms with Gasteiger partial charge in [0.15, 0.2) is 5.11 Å². The van der Waals surface area contributed by atoms with Crippen LogP contribution in [-0.4, -0.2) is 15.0 Å². The van der Waals surface area contributed by atoms with Gasteiger partial charge in [0.25, 0.3) is 0 Å². The molecule has 128 valence electrons. The normalized spacial score (nSPS) is 10.5. The average molecular weight is 351 g/mol. The third kappa shape index (κ3) is 4.67. The summed E-state index contributed by atoms with van der Waals surface area (Å²) in [6.45, 7) is 5.35. The number of benzene rings is 1.